The Labute approximate surface area is 89.3 Å². The van der Waals surface area contributed by atoms with Crippen LogP contribution in [-0.2, 0) is 4.74 Å². The largest absolute Gasteiger partial charge is 0.394 e. The molecule has 0 aromatic heterocycles. The highest BCUT2D eigenvalue weighted by Crippen LogP contribution is 2.32. The fraction of sp³-hybridized carbons (Fsp3) is 1.00. The van der Waals surface area contributed by atoms with Gasteiger partial charge < -0.3 is 25.2 Å². The molecule has 0 saturated carbocycles. The zero-order valence-electron chi connectivity index (χ0n) is 9.29. The number of aliphatic hydroxyl groups is 4. The maximum absolute atomic E-state index is 9.74. The maximum Gasteiger partial charge on any atom is 0.111 e. The van der Waals surface area contributed by atoms with E-state index in [4.69, 9.17) is 9.84 Å². The summed E-state index contributed by atoms with van der Waals surface area (Å²) < 4.78 is 5.38. The van der Waals surface area contributed by atoms with Gasteiger partial charge in [0.1, 0.15) is 24.4 Å². The van der Waals surface area contributed by atoms with E-state index in [-0.39, 0.29) is 12.0 Å². The zero-order chi connectivity index (χ0) is 11.8. The lowest BCUT2D eigenvalue weighted by Crippen LogP contribution is -2.61. The summed E-state index contributed by atoms with van der Waals surface area (Å²) in [4.78, 5) is 0. The average Bonchev–Trinajstić information content (AvgIpc) is 2.13. The van der Waals surface area contributed by atoms with Gasteiger partial charge in [0.25, 0.3) is 0 Å². The summed E-state index contributed by atoms with van der Waals surface area (Å²) in [7, 11) is 0. The van der Waals surface area contributed by atoms with E-state index >= 15 is 0 Å². The van der Waals surface area contributed by atoms with Gasteiger partial charge in [-0.3, -0.25) is 0 Å². The van der Waals surface area contributed by atoms with Crippen molar-refractivity contribution in [1.29, 1.82) is 0 Å². The smallest absolute Gasteiger partial charge is 0.111 e. The molecule has 0 aromatic rings. The first-order chi connectivity index (χ1) is 6.79. The first-order valence-corrected chi connectivity index (χ1v) is 5.09. The van der Waals surface area contributed by atoms with Crippen molar-refractivity contribution >= 4 is 0 Å². The van der Waals surface area contributed by atoms with E-state index in [1.165, 1.54) is 0 Å². The summed E-state index contributed by atoms with van der Waals surface area (Å²) >= 11 is 0. The van der Waals surface area contributed by atoms with E-state index in [9.17, 15) is 15.3 Å². The number of hydrogen-bond acceptors (Lipinski definition) is 5. The van der Waals surface area contributed by atoms with Gasteiger partial charge in [-0.1, -0.05) is 20.8 Å². The van der Waals surface area contributed by atoms with Crippen molar-refractivity contribution in [3.8, 4) is 0 Å². The molecule has 1 aliphatic heterocycles. The highest BCUT2D eigenvalue weighted by Gasteiger charge is 2.47. The number of ether oxygens (including phenoxy) is 1. The lowest BCUT2D eigenvalue weighted by molar-refractivity contribution is -0.250. The molecule has 0 radical (unpaired) electrons. The summed E-state index contributed by atoms with van der Waals surface area (Å²) in [5, 5.41) is 37.8. The molecule has 1 rings (SSSR count). The van der Waals surface area contributed by atoms with Crippen molar-refractivity contribution in [1.82, 2.24) is 0 Å². The van der Waals surface area contributed by atoms with Crippen LogP contribution in [0.25, 0.3) is 0 Å². The first kappa shape index (κ1) is 12.9. The third kappa shape index (κ3) is 2.49. The van der Waals surface area contributed by atoms with Gasteiger partial charge in [0.15, 0.2) is 0 Å². The summed E-state index contributed by atoms with van der Waals surface area (Å²) in [6.45, 7) is 5.21. The van der Waals surface area contributed by atoms with Crippen molar-refractivity contribution in [3.63, 3.8) is 0 Å². The molecule has 0 bridgehead atoms. The van der Waals surface area contributed by atoms with Crippen molar-refractivity contribution in [2.45, 2.75) is 51.3 Å². The minimum Gasteiger partial charge on any atom is -0.394 e. The maximum atomic E-state index is 9.74. The van der Waals surface area contributed by atoms with E-state index < -0.39 is 30.5 Å². The van der Waals surface area contributed by atoms with Crippen LogP contribution in [0.3, 0.4) is 0 Å². The molecule has 5 atom stereocenters. The third-order valence-corrected chi connectivity index (χ3v) is 2.75. The van der Waals surface area contributed by atoms with Crippen molar-refractivity contribution in [2.24, 2.45) is 5.41 Å². The number of rotatable bonds is 1. The van der Waals surface area contributed by atoms with E-state index in [0.29, 0.717) is 0 Å². The standard InChI is InChI=1S/C10H20O5/c1-10(2,3)9-8(14)7(13)6(12)5(4-11)15-9/h5-9,11-14H,4H2,1-3H3/t5?,6-,7?,8?,9-/m1/s1. The highest BCUT2D eigenvalue weighted by molar-refractivity contribution is 4.96. The predicted octanol–water partition coefficient (Wildman–Crippen LogP) is -1.13. The van der Waals surface area contributed by atoms with Crippen LogP contribution < -0.4 is 0 Å². The van der Waals surface area contributed by atoms with Gasteiger partial charge >= 0.3 is 0 Å². The Balaban J connectivity index is 2.83. The second kappa shape index (κ2) is 4.35. The molecular formula is C10H20O5. The molecule has 1 fully saturated rings. The molecule has 0 spiro atoms. The molecular weight excluding hydrogens is 200 g/mol. The fourth-order valence-electron chi connectivity index (χ4n) is 1.82. The molecule has 15 heavy (non-hydrogen) atoms. The van der Waals surface area contributed by atoms with E-state index in [0.717, 1.165) is 0 Å². The molecule has 5 nitrogen and oxygen atoms in total. The third-order valence-electron chi connectivity index (χ3n) is 2.75. The molecule has 1 aliphatic rings. The Morgan fingerprint density at radius 3 is 1.93 bits per heavy atom. The van der Waals surface area contributed by atoms with Gasteiger partial charge in [0.2, 0.25) is 0 Å². The number of aliphatic hydroxyl groups excluding tert-OH is 4. The Morgan fingerprint density at radius 1 is 1.00 bits per heavy atom. The minimum absolute atomic E-state index is 0.367. The van der Waals surface area contributed by atoms with Gasteiger partial charge in [-0.15, -0.1) is 0 Å². The fourth-order valence-corrected chi connectivity index (χ4v) is 1.82. The van der Waals surface area contributed by atoms with E-state index in [2.05, 4.69) is 0 Å². The summed E-state index contributed by atoms with van der Waals surface area (Å²) in [5.41, 5.74) is -0.367. The van der Waals surface area contributed by atoms with Crippen LogP contribution in [0.2, 0.25) is 0 Å². The normalized spacial score (nSPS) is 43.0. The monoisotopic (exact) mass is 220 g/mol. The van der Waals surface area contributed by atoms with E-state index in [1.807, 2.05) is 20.8 Å². The molecule has 0 aliphatic carbocycles. The molecule has 0 aromatic carbocycles. The van der Waals surface area contributed by atoms with Crippen LogP contribution in [0.5, 0.6) is 0 Å². The Kier molecular flexibility index (Phi) is 3.73. The summed E-state index contributed by atoms with van der Waals surface area (Å²) in [5.74, 6) is 0. The molecule has 1 heterocycles. The van der Waals surface area contributed by atoms with Gasteiger partial charge in [-0.25, -0.2) is 0 Å². The lowest BCUT2D eigenvalue weighted by atomic mass is 9.80. The van der Waals surface area contributed by atoms with Gasteiger partial charge in [-0.2, -0.15) is 0 Å². The van der Waals surface area contributed by atoms with Crippen LogP contribution in [-0.4, -0.2) is 57.6 Å². The van der Waals surface area contributed by atoms with Crippen LogP contribution in [0.15, 0.2) is 0 Å². The molecule has 1 saturated heterocycles. The highest BCUT2D eigenvalue weighted by atomic mass is 16.5. The second-order valence-electron chi connectivity index (χ2n) is 5.12. The predicted molar refractivity (Wildman–Crippen MR) is 53.2 cm³/mol. The van der Waals surface area contributed by atoms with Gasteiger partial charge in [0, 0.05) is 0 Å². The molecule has 3 unspecified atom stereocenters. The Hall–Kier alpha value is -0.200. The zero-order valence-corrected chi connectivity index (χ0v) is 9.29. The van der Waals surface area contributed by atoms with Crippen LogP contribution in [0.4, 0.5) is 0 Å². The molecule has 0 amide bonds. The Bertz CT molecular complexity index is 210. The molecule has 5 heteroatoms. The van der Waals surface area contributed by atoms with Crippen LogP contribution in [0, 0.1) is 5.41 Å². The van der Waals surface area contributed by atoms with E-state index in [1.54, 1.807) is 0 Å². The molecule has 4 N–H and O–H groups in total. The molecule has 90 valence electrons. The van der Waals surface area contributed by atoms with Crippen molar-refractivity contribution in [2.75, 3.05) is 6.61 Å². The first-order valence-electron chi connectivity index (χ1n) is 5.09. The van der Waals surface area contributed by atoms with Crippen LogP contribution in [0.1, 0.15) is 20.8 Å². The number of hydrogen-bond donors (Lipinski definition) is 4. The summed E-state index contributed by atoms with van der Waals surface area (Å²) in [6, 6.07) is 0. The summed E-state index contributed by atoms with van der Waals surface area (Å²) in [6.07, 6.45) is -5.10. The quantitative estimate of drug-likeness (QED) is 0.449. The average molecular weight is 220 g/mol. The van der Waals surface area contributed by atoms with Gasteiger partial charge in [0.05, 0.1) is 12.7 Å². The van der Waals surface area contributed by atoms with Crippen molar-refractivity contribution < 1.29 is 25.2 Å². The minimum atomic E-state index is -1.28. The second-order valence-corrected chi connectivity index (χ2v) is 5.12. The lowest BCUT2D eigenvalue weighted by Gasteiger charge is -2.45. The van der Waals surface area contributed by atoms with Crippen LogP contribution >= 0.6 is 0 Å². The van der Waals surface area contributed by atoms with Crippen molar-refractivity contribution in [3.05, 3.63) is 0 Å². The SMILES string of the molecule is CC(C)(C)[C@@H]1OC(CO)[C@@H](O)C(O)C1O. The van der Waals surface area contributed by atoms with Gasteiger partial charge in [-0.05, 0) is 5.41 Å². The topological polar surface area (TPSA) is 90.2 Å². The Morgan fingerprint density at radius 2 is 1.53 bits per heavy atom.